The highest BCUT2D eigenvalue weighted by atomic mass is 32.2. The Hall–Kier alpha value is -3.15. The molecule has 0 aromatic carbocycles. The first kappa shape index (κ1) is 26.9. The minimum absolute atomic E-state index is 0.187. The fourth-order valence-electron chi connectivity index (χ4n) is 4.28. The summed E-state index contributed by atoms with van der Waals surface area (Å²) in [6.07, 6.45) is -1.48. The lowest BCUT2D eigenvalue weighted by atomic mass is 10.1. The standard InChI is InChI=1S/C21H26N6O9S/c1-8-14(10(3-28)21(35)37-5-11(20(33)34)25-9(2)30)26-7-23-17-13(18(26)24-8)22-6-27(17)19-16(32)15(31)12(4-29)36-19/h3,6-7,10-12,15-16,19,21,29,31-32,35H,4-5H2,1-2H3,(H,25,30)(H,33,34)/t10?,11-,12+,15+,16+,19+,21?/m0/s1. The zero-order chi connectivity index (χ0) is 27.0. The van der Waals surface area contributed by atoms with Crippen molar-refractivity contribution in [2.45, 2.75) is 55.8 Å². The van der Waals surface area contributed by atoms with Gasteiger partial charge in [-0.3, -0.25) is 13.8 Å². The predicted octanol–water partition coefficient (Wildman–Crippen LogP) is -2.08. The highest BCUT2D eigenvalue weighted by Crippen LogP contribution is 2.34. The molecule has 16 heteroatoms. The van der Waals surface area contributed by atoms with Crippen LogP contribution in [0.3, 0.4) is 0 Å². The molecular weight excluding hydrogens is 512 g/mol. The zero-order valence-corrected chi connectivity index (χ0v) is 20.5. The van der Waals surface area contributed by atoms with Gasteiger partial charge in [0.15, 0.2) is 23.0 Å². The van der Waals surface area contributed by atoms with Gasteiger partial charge in [-0.25, -0.2) is 19.7 Å². The van der Waals surface area contributed by atoms with Crippen LogP contribution in [0.25, 0.3) is 16.8 Å². The molecular formula is C21H26N6O9S. The molecule has 2 unspecified atom stereocenters. The van der Waals surface area contributed by atoms with Crippen LogP contribution in [-0.4, -0.2) is 110 Å². The highest BCUT2D eigenvalue weighted by molar-refractivity contribution is 7.99. The Labute approximate surface area is 213 Å². The van der Waals surface area contributed by atoms with E-state index in [1.54, 1.807) is 6.92 Å². The molecule has 0 saturated carbocycles. The smallest absolute Gasteiger partial charge is 0.327 e. The van der Waals surface area contributed by atoms with E-state index < -0.39 is 60.4 Å². The van der Waals surface area contributed by atoms with Crippen LogP contribution in [0.1, 0.15) is 30.5 Å². The maximum absolute atomic E-state index is 12.0. The third-order valence-corrected chi connectivity index (χ3v) is 7.24. The number of aryl methyl sites for hydroxylation is 1. The number of nitrogens with one attached hydrogen (secondary N) is 1. The number of amides is 1. The summed E-state index contributed by atoms with van der Waals surface area (Å²) in [4.78, 5) is 47.8. The maximum atomic E-state index is 12.0. The Balaban J connectivity index is 1.65. The predicted molar refractivity (Wildman–Crippen MR) is 127 cm³/mol. The van der Waals surface area contributed by atoms with E-state index in [4.69, 9.17) is 4.74 Å². The molecule has 1 amide bonds. The number of carbonyl (C=O) groups is 3. The number of hydrogen-bond acceptors (Lipinski definition) is 12. The van der Waals surface area contributed by atoms with Crippen LogP contribution in [0.4, 0.5) is 0 Å². The van der Waals surface area contributed by atoms with Crippen molar-refractivity contribution in [3.05, 3.63) is 24.0 Å². The summed E-state index contributed by atoms with van der Waals surface area (Å²) < 4.78 is 8.44. The van der Waals surface area contributed by atoms with Gasteiger partial charge in [0, 0.05) is 12.7 Å². The molecule has 0 radical (unpaired) electrons. The number of carboxylic acid groups (broad SMARTS) is 1. The number of aldehydes is 1. The van der Waals surface area contributed by atoms with Gasteiger partial charge < -0.3 is 40.4 Å². The van der Waals surface area contributed by atoms with Crippen molar-refractivity contribution in [2.75, 3.05) is 12.4 Å². The van der Waals surface area contributed by atoms with E-state index >= 15 is 0 Å². The number of thioether (sulfide) groups is 1. The molecule has 1 fully saturated rings. The summed E-state index contributed by atoms with van der Waals surface area (Å²) in [7, 11) is 0. The van der Waals surface area contributed by atoms with Crippen molar-refractivity contribution < 1.29 is 44.7 Å². The average Bonchev–Trinajstić information content (AvgIpc) is 3.50. The van der Waals surface area contributed by atoms with Crippen LogP contribution in [0.2, 0.25) is 0 Å². The molecule has 3 aromatic rings. The molecule has 7 atom stereocenters. The molecule has 1 saturated heterocycles. The van der Waals surface area contributed by atoms with Crippen molar-refractivity contribution in [3.8, 4) is 0 Å². The topological polar surface area (TPSA) is 222 Å². The van der Waals surface area contributed by atoms with Gasteiger partial charge in [0.25, 0.3) is 0 Å². The van der Waals surface area contributed by atoms with Crippen LogP contribution in [0, 0.1) is 6.92 Å². The molecule has 3 aromatic heterocycles. The summed E-state index contributed by atoms with van der Waals surface area (Å²) in [6.45, 7) is 2.31. The molecule has 4 heterocycles. The highest BCUT2D eigenvalue weighted by Gasteiger charge is 2.44. The number of aliphatic hydroxyl groups is 4. The first-order chi connectivity index (χ1) is 17.6. The van der Waals surface area contributed by atoms with E-state index in [1.807, 2.05) is 0 Å². The summed E-state index contributed by atoms with van der Waals surface area (Å²) in [5.41, 5.74) is 0.195. The van der Waals surface area contributed by atoms with Crippen molar-refractivity contribution in [2.24, 2.45) is 0 Å². The zero-order valence-electron chi connectivity index (χ0n) is 19.7. The van der Waals surface area contributed by atoms with Gasteiger partial charge in [0.05, 0.1) is 30.2 Å². The number of aliphatic hydroxyl groups excluding tert-OH is 4. The number of imidazole rings is 2. The van der Waals surface area contributed by atoms with Gasteiger partial charge in [-0.2, -0.15) is 0 Å². The Morgan fingerprint density at radius 3 is 2.57 bits per heavy atom. The Bertz CT molecular complexity index is 1330. The van der Waals surface area contributed by atoms with E-state index in [-0.39, 0.29) is 16.9 Å². The van der Waals surface area contributed by atoms with E-state index in [0.717, 1.165) is 11.8 Å². The minimum atomic E-state index is -1.36. The second-order valence-electron chi connectivity index (χ2n) is 8.55. The van der Waals surface area contributed by atoms with E-state index in [0.29, 0.717) is 23.3 Å². The number of fused-ring (bicyclic) bond motifs is 3. The second kappa shape index (κ2) is 10.7. The number of ether oxygens (including phenoxy) is 1. The van der Waals surface area contributed by atoms with E-state index in [2.05, 4.69) is 20.3 Å². The third kappa shape index (κ3) is 4.90. The molecule has 0 bridgehead atoms. The molecule has 1 aliphatic rings. The van der Waals surface area contributed by atoms with Crippen molar-refractivity contribution >= 4 is 46.7 Å². The Morgan fingerprint density at radius 2 is 1.97 bits per heavy atom. The summed E-state index contributed by atoms with van der Waals surface area (Å²) in [5.74, 6) is -3.13. The molecule has 37 heavy (non-hydrogen) atoms. The van der Waals surface area contributed by atoms with Crippen LogP contribution in [-0.2, 0) is 19.1 Å². The Morgan fingerprint density at radius 1 is 1.24 bits per heavy atom. The van der Waals surface area contributed by atoms with Crippen LogP contribution < -0.4 is 5.32 Å². The summed E-state index contributed by atoms with van der Waals surface area (Å²) in [6, 6.07) is -1.25. The van der Waals surface area contributed by atoms with Crippen LogP contribution in [0.5, 0.6) is 0 Å². The van der Waals surface area contributed by atoms with Crippen molar-refractivity contribution in [1.29, 1.82) is 0 Å². The number of aliphatic carboxylic acids is 1. The monoisotopic (exact) mass is 538 g/mol. The van der Waals surface area contributed by atoms with Gasteiger partial charge in [-0.1, -0.05) is 0 Å². The summed E-state index contributed by atoms with van der Waals surface area (Å²) >= 11 is 0.789. The summed E-state index contributed by atoms with van der Waals surface area (Å²) in [5, 5.41) is 52.1. The average molecular weight is 539 g/mol. The van der Waals surface area contributed by atoms with Gasteiger partial charge >= 0.3 is 5.97 Å². The number of carboxylic acids is 1. The van der Waals surface area contributed by atoms with Crippen molar-refractivity contribution in [3.63, 3.8) is 0 Å². The quantitative estimate of drug-likeness (QED) is 0.121. The molecule has 0 spiro atoms. The SMILES string of the molecule is CC(=O)N[C@@H](CSC(O)C(C=O)c1c(C)nc2c3ncn([C@@H]4O[C@H](CO)[C@@H](O)[C@H]4O)c3ncn12)C(=O)O. The first-order valence-corrected chi connectivity index (χ1v) is 12.2. The van der Waals surface area contributed by atoms with Crippen LogP contribution >= 0.6 is 11.8 Å². The molecule has 4 rings (SSSR count). The van der Waals surface area contributed by atoms with E-state index in [9.17, 15) is 39.9 Å². The molecule has 0 aliphatic carbocycles. The maximum Gasteiger partial charge on any atom is 0.327 e. The lowest BCUT2D eigenvalue weighted by molar-refractivity contribution is -0.140. The molecule has 15 nitrogen and oxygen atoms in total. The number of aromatic nitrogens is 5. The van der Waals surface area contributed by atoms with Gasteiger partial charge in [-0.15, -0.1) is 11.8 Å². The first-order valence-electron chi connectivity index (χ1n) is 11.2. The minimum Gasteiger partial charge on any atom is -0.480 e. The fourth-order valence-corrected chi connectivity index (χ4v) is 5.29. The number of hydrogen-bond donors (Lipinski definition) is 6. The fraction of sp³-hybridized carbons (Fsp3) is 0.524. The Kier molecular flexibility index (Phi) is 7.77. The number of nitrogens with zero attached hydrogens (tertiary/aromatic N) is 5. The molecule has 200 valence electrons. The third-order valence-electron chi connectivity index (χ3n) is 6.08. The van der Waals surface area contributed by atoms with Gasteiger partial charge in [-0.05, 0) is 6.92 Å². The van der Waals surface area contributed by atoms with Gasteiger partial charge in [0.1, 0.15) is 42.4 Å². The second-order valence-corrected chi connectivity index (χ2v) is 9.70. The largest absolute Gasteiger partial charge is 0.480 e. The lowest BCUT2D eigenvalue weighted by Crippen LogP contribution is -2.42. The van der Waals surface area contributed by atoms with Gasteiger partial charge in [0.2, 0.25) is 5.91 Å². The van der Waals surface area contributed by atoms with E-state index in [1.165, 1.54) is 28.5 Å². The molecule has 6 N–H and O–H groups in total. The van der Waals surface area contributed by atoms with Crippen LogP contribution in [0.15, 0.2) is 12.7 Å². The lowest BCUT2D eigenvalue weighted by Gasteiger charge is -2.20. The number of carbonyl (C=O) groups excluding carboxylic acids is 2. The number of rotatable bonds is 10. The normalized spacial score (nSPS) is 24.3. The molecule has 1 aliphatic heterocycles. The van der Waals surface area contributed by atoms with Crippen molar-refractivity contribution in [1.82, 2.24) is 29.2 Å².